The molecule has 0 aliphatic heterocycles. The lowest BCUT2D eigenvalue weighted by Gasteiger charge is -2.10. The van der Waals surface area contributed by atoms with Crippen LogP contribution in [-0.2, 0) is 11.2 Å². The molecule has 2 aromatic heterocycles. The number of H-pyrrole nitrogens is 1. The SMILES string of the molecule is Cc1ccc(NC(=O)CCc2cccs2)c(-c2n[nH]c(C3CC3)n2)c1. The summed E-state index contributed by atoms with van der Waals surface area (Å²) < 4.78 is 0. The van der Waals surface area contributed by atoms with E-state index < -0.39 is 0 Å². The van der Waals surface area contributed by atoms with Crippen molar-refractivity contribution in [3.8, 4) is 11.4 Å². The van der Waals surface area contributed by atoms with Gasteiger partial charge in [0.1, 0.15) is 5.82 Å². The molecule has 25 heavy (non-hydrogen) atoms. The quantitative estimate of drug-likeness (QED) is 0.695. The van der Waals surface area contributed by atoms with Crippen LogP contribution in [0.25, 0.3) is 11.4 Å². The fourth-order valence-electron chi connectivity index (χ4n) is 2.79. The standard InChI is InChI=1S/C19H20N4OS/c1-12-4-8-16(20-17(24)9-7-14-3-2-10-25-14)15(11-12)19-21-18(22-23-19)13-5-6-13/h2-4,8,10-11,13H,5-7,9H2,1H3,(H,20,24)(H,21,22,23). The van der Waals surface area contributed by atoms with Crippen LogP contribution in [0, 0.1) is 6.92 Å². The second-order valence-electron chi connectivity index (χ2n) is 6.50. The summed E-state index contributed by atoms with van der Waals surface area (Å²) in [5, 5.41) is 12.5. The monoisotopic (exact) mass is 352 g/mol. The molecule has 0 atom stereocenters. The van der Waals surface area contributed by atoms with Crippen LogP contribution in [0.4, 0.5) is 5.69 Å². The first-order valence-corrected chi connectivity index (χ1v) is 9.42. The van der Waals surface area contributed by atoms with Crippen molar-refractivity contribution in [2.45, 2.75) is 38.5 Å². The summed E-state index contributed by atoms with van der Waals surface area (Å²) in [5.41, 5.74) is 2.75. The average Bonchev–Trinajstić information content (AvgIpc) is 3.12. The molecule has 0 spiro atoms. The first kappa shape index (κ1) is 16.0. The molecular weight excluding hydrogens is 332 g/mol. The summed E-state index contributed by atoms with van der Waals surface area (Å²) >= 11 is 1.68. The number of carbonyl (C=O) groups is 1. The average molecular weight is 352 g/mol. The number of benzene rings is 1. The lowest BCUT2D eigenvalue weighted by Crippen LogP contribution is -2.13. The number of aromatic amines is 1. The molecule has 2 heterocycles. The maximum atomic E-state index is 12.3. The topological polar surface area (TPSA) is 70.7 Å². The van der Waals surface area contributed by atoms with Gasteiger partial charge < -0.3 is 5.32 Å². The fraction of sp³-hybridized carbons (Fsp3) is 0.316. The van der Waals surface area contributed by atoms with Gasteiger partial charge in [-0.3, -0.25) is 9.89 Å². The van der Waals surface area contributed by atoms with Crippen molar-refractivity contribution < 1.29 is 4.79 Å². The number of hydrogen-bond acceptors (Lipinski definition) is 4. The predicted octanol–water partition coefficient (Wildman–Crippen LogP) is 4.29. The summed E-state index contributed by atoms with van der Waals surface area (Å²) in [5.74, 6) is 2.14. The van der Waals surface area contributed by atoms with E-state index in [4.69, 9.17) is 0 Å². The Morgan fingerprint density at radius 3 is 3.00 bits per heavy atom. The fourth-order valence-corrected chi connectivity index (χ4v) is 3.50. The first-order valence-electron chi connectivity index (χ1n) is 8.54. The summed E-state index contributed by atoms with van der Waals surface area (Å²) in [6, 6.07) is 10.0. The van der Waals surface area contributed by atoms with E-state index in [1.807, 2.05) is 36.6 Å². The van der Waals surface area contributed by atoms with Crippen molar-refractivity contribution >= 4 is 22.9 Å². The highest BCUT2D eigenvalue weighted by atomic mass is 32.1. The number of aromatic nitrogens is 3. The molecule has 1 aliphatic rings. The molecular formula is C19H20N4OS. The summed E-state index contributed by atoms with van der Waals surface area (Å²) in [6.07, 6.45) is 3.58. The Labute approximate surface area is 150 Å². The van der Waals surface area contributed by atoms with Crippen LogP contribution < -0.4 is 5.32 Å². The minimum absolute atomic E-state index is 0.0106. The van der Waals surface area contributed by atoms with E-state index in [1.54, 1.807) is 11.3 Å². The molecule has 4 rings (SSSR count). The second-order valence-corrected chi connectivity index (χ2v) is 7.53. The highest BCUT2D eigenvalue weighted by Gasteiger charge is 2.27. The predicted molar refractivity (Wildman–Crippen MR) is 99.8 cm³/mol. The molecule has 1 saturated carbocycles. The van der Waals surface area contributed by atoms with E-state index in [9.17, 15) is 4.79 Å². The Morgan fingerprint density at radius 1 is 1.36 bits per heavy atom. The van der Waals surface area contributed by atoms with Gasteiger partial charge >= 0.3 is 0 Å². The van der Waals surface area contributed by atoms with Crippen molar-refractivity contribution in [2.75, 3.05) is 5.32 Å². The number of amides is 1. The molecule has 3 aromatic rings. The Kier molecular flexibility index (Phi) is 4.36. The number of rotatable bonds is 6. The molecule has 0 saturated heterocycles. The third kappa shape index (κ3) is 3.79. The largest absolute Gasteiger partial charge is 0.325 e. The summed E-state index contributed by atoms with van der Waals surface area (Å²) in [4.78, 5) is 18.2. The minimum Gasteiger partial charge on any atom is -0.325 e. The minimum atomic E-state index is 0.0106. The van der Waals surface area contributed by atoms with Crippen LogP contribution in [0.2, 0.25) is 0 Å². The molecule has 0 radical (unpaired) electrons. The molecule has 1 aromatic carbocycles. The molecule has 1 aliphatic carbocycles. The normalized spacial score (nSPS) is 13.8. The molecule has 2 N–H and O–H groups in total. The van der Waals surface area contributed by atoms with Gasteiger partial charge in [-0.05, 0) is 49.8 Å². The van der Waals surface area contributed by atoms with Gasteiger partial charge in [0, 0.05) is 22.8 Å². The highest BCUT2D eigenvalue weighted by Crippen LogP contribution is 2.39. The Morgan fingerprint density at radius 2 is 2.24 bits per heavy atom. The Hall–Kier alpha value is -2.47. The van der Waals surface area contributed by atoms with Gasteiger partial charge in [-0.25, -0.2) is 4.98 Å². The van der Waals surface area contributed by atoms with Gasteiger partial charge in [0.05, 0.1) is 5.69 Å². The maximum Gasteiger partial charge on any atom is 0.224 e. The molecule has 6 heteroatoms. The molecule has 5 nitrogen and oxygen atoms in total. The van der Waals surface area contributed by atoms with E-state index in [0.29, 0.717) is 18.2 Å². The van der Waals surface area contributed by atoms with Crippen molar-refractivity contribution in [3.05, 3.63) is 52.0 Å². The number of thiophene rings is 1. The van der Waals surface area contributed by atoms with Crippen molar-refractivity contribution in [1.82, 2.24) is 15.2 Å². The van der Waals surface area contributed by atoms with E-state index in [2.05, 4.69) is 26.6 Å². The number of carbonyl (C=O) groups excluding carboxylic acids is 1. The molecule has 0 bridgehead atoms. The van der Waals surface area contributed by atoms with Gasteiger partial charge in [0.25, 0.3) is 0 Å². The molecule has 0 unspecified atom stereocenters. The van der Waals surface area contributed by atoms with Crippen LogP contribution in [0.3, 0.4) is 0 Å². The van der Waals surface area contributed by atoms with Crippen molar-refractivity contribution in [1.29, 1.82) is 0 Å². The zero-order chi connectivity index (χ0) is 17.2. The number of aryl methyl sites for hydroxylation is 2. The van der Waals surface area contributed by atoms with Crippen LogP contribution in [0.15, 0.2) is 35.7 Å². The zero-order valence-corrected chi connectivity index (χ0v) is 14.9. The number of nitrogens with zero attached hydrogens (tertiary/aromatic N) is 2. The summed E-state index contributed by atoms with van der Waals surface area (Å²) in [7, 11) is 0. The second kappa shape index (κ2) is 6.80. The van der Waals surface area contributed by atoms with Gasteiger partial charge in [-0.1, -0.05) is 17.7 Å². The summed E-state index contributed by atoms with van der Waals surface area (Å²) in [6.45, 7) is 2.03. The number of hydrogen-bond donors (Lipinski definition) is 2. The van der Waals surface area contributed by atoms with Crippen LogP contribution in [0.5, 0.6) is 0 Å². The number of nitrogens with one attached hydrogen (secondary N) is 2. The van der Waals surface area contributed by atoms with Crippen LogP contribution >= 0.6 is 11.3 Å². The maximum absolute atomic E-state index is 12.3. The van der Waals surface area contributed by atoms with Crippen molar-refractivity contribution in [2.24, 2.45) is 0 Å². The van der Waals surface area contributed by atoms with Crippen LogP contribution in [0.1, 0.15) is 41.4 Å². The lowest BCUT2D eigenvalue weighted by atomic mass is 10.1. The molecule has 1 fully saturated rings. The third-order valence-electron chi connectivity index (χ3n) is 4.34. The first-order chi connectivity index (χ1) is 12.2. The van der Waals surface area contributed by atoms with Gasteiger partial charge in [-0.15, -0.1) is 11.3 Å². The van der Waals surface area contributed by atoms with Gasteiger partial charge in [0.2, 0.25) is 5.91 Å². The van der Waals surface area contributed by atoms with Gasteiger partial charge in [-0.2, -0.15) is 5.10 Å². The van der Waals surface area contributed by atoms with Crippen LogP contribution in [-0.4, -0.2) is 21.1 Å². The smallest absolute Gasteiger partial charge is 0.224 e. The van der Waals surface area contributed by atoms with E-state index in [1.165, 1.54) is 17.7 Å². The van der Waals surface area contributed by atoms with E-state index >= 15 is 0 Å². The molecule has 128 valence electrons. The highest BCUT2D eigenvalue weighted by molar-refractivity contribution is 7.09. The third-order valence-corrected chi connectivity index (χ3v) is 5.27. The van der Waals surface area contributed by atoms with E-state index in [-0.39, 0.29) is 5.91 Å². The van der Waals surface area contributed by atoms with Gasteiger partial charge in [0.15, 0.2) is 5.82 Å². The number of anilines is 1. The zero-order valence-electron chi connectivity index (χ0n) is 14.1. The Bertz CT molecular complexity index is 881. The molecule has 1 amide bonds. The van der Waals surface area contributed by atoms with Crippen molar-refractivity contribution in [3.63, 3.8) is 0 Å². The Balaban J connectivity index is 1.51. The lowest BCUT2D eigenvalue weighted by molar-refractivity contribution is -0.116. The van der Waals surface area contributed by atoms with E-state index in [0.717, 1.165) is 29.1 Å².